The monoisotopic (exact) mass is 570 g/mol. The smallest absolute Gasteiger partial charge is 0.422 e. The predicted molar refractivity (Wildman–Crippen MR) is 124 cm³/mol. The Labute approximate surface area is 200 Å². The zero-order valence-electron chi connectivity index (χ0n) is 16.7. The molecule has 1 saturated heterocycles. The van der Waals surface area contributed by atoms with Gasteiger partial charge in [0.2, 0.25) is 5.88 Å². The van der Waals surface area contributed by atoms with Crippen LogP contribution in [0.4, 0.5) is 19.0 Å². The Hall–Kier alpha value is -2.02. The Bertz CT molecular complexity index is 868. The topological polar surface area (TPSA) is 74.7 Å². The van der Waals surface area contributed by atoms with Crippen LogP contribution in [0.2, 0.25) is 5.02 Å². The third-order valence-corrected chi connectivity index (χ3v) is 4.73. The van der Waals surface area contributed by atoms with Crippen LogP contribution in [0.5, 0.6) is 5.88 Å². The van der Waals surface area contributed by atoms with Crippen molar-refractivity contribution in [3.8, 4) is 5.88 Å². The van der Waals surface area contributed by atoms with Gasteiger partial charge in [0.25, 0.3) is 0 Å². The molecule has 2 aromatic heterocycles. The summed E-state index contributed by atoms with van der Waals surface area (Å²) in [6, 6.07) is 6.85. The number of ether oxygens (including phenoxy) is 1. The molecule has 1 atom stereocenters. The van der Waals surface area contributed by atoms with Gasteiger partial charge in [-0.1, -0.05) is 17.7 Å². The summed E-state index contributed by atoms with van der Waals surface area (Å²) < 4.78 is 41.1. The molecular weight excluding hydrogens is 548 g/mol. The van der Waals surface area contributed by atoms with E-state index in [4.69, 9.17) is 11.6 Å². The molecule has 170 valence electrons. The van der Waals surface area contributed by atoms with Crippen molar-refractivity contribution in [1.82, 2.24) is 20.6 Å². The molecule has 1 fully saturated rings. The number of aliphatic imine (C=N–C) groups is 1. The summed E-state index contributed by atoms with van der Waals surface area (Å²) in [5.74, 6) is 1.31. The van der Waals surface area contributed by atoms with Gasteiger partial charge in [-0.05, 0) is 24.1 Å². The van der Waals surface area contributed by atoms with Crippen molar-refractivity contribution in [3.63, 3.8) is 0 Å². The van der Waals surface area contributed by atoms with Crippen molar-refractivity contribution in [2.75, 3.05) is 31.6 Å². The second kappa shape index (κ2) is 11.6. The van der Waals surface area contributed by atoms with Crippen LogP contribution in [0.3, 0.4) is 0 Å². The maximum atomic E-state index is 12.2. The Balaban J connectivity index is 0.00000341. The molecule has 0 aromatic carbocycles. The molecule has 31 heavy (non-hydrogen) atoms. The van der Waals surface area contributed by atoms with Gasteiger partial charge in [-0.2, -0.15) is 13.2 Å². The van der Waals surface area contributed by atoms with Crippen molar-refractivity contribution < 1.29 is 17.9 Å². The molecule has 1 unspecified atom stereocenters. The van der Waals surface area contributed by atoms with E-state index in [1.807, 2.05) is 6.07 Å². The van der Waals surface area contributed by atoms with E-state index < -0.39 is 12.8 Å². The number of pyridine rings is 2. The molecule has 2 aromatic rings. The first-order valence-electron chi connectivity index (χ1n) is 9.31. The zero-order chi connectivity index (χ0) is 21.6. The molecule has 3 rings (SSSR count). The molecule has 0 amide bonds. The van der Waals surface area contributed by atoms with Gasteiger partial charge in [0.1, 0.15) is 5.82 Å². The highest BCUT2D eigenvalue weighted by molar-refractivity contribution is 14.0. The number of hydrogen-bond acceptors (Lipinski definition) is 5. The van der Waals surface area contributed by atoms with Gasteiger partial charge in [0, 0.05) is 51.2 Å². The van der Waals surface area contributed by atoms with E-state index in [2.05, 4.69) is 35.2 Å². The van der Waals surface area contributed by atoms with Crippen LogP contribution in [0.25, 0.3) is 0 Å². The van der Waals surface area contributed by atoms with Gasteiger partial charge in [-0.25, -0.2) is 9.97 Å². The van der Waals surface area contributed by atoms with Crippen LogP contribution >= 0.6 is 35.6 Å². The number of guanidine groups is 1. The zero-order valence-corrected chi connectivity index (χ0v) is 19.8. The molecule has 0 bridgehead atoms. The van der Waals surface area contributed by atoms with Gasteiger partial charge in [0.15, 0.2) is 12.6 Å². The molecule has 7 nitrogen and oxygen atoms in total. The van der Waals surface area contributed by atoms with Crippen molar-refractivity contribution >= 4 is 47.4 Å². The largest absolute Gasteiger partial charge is 0.468 e. The van der Waals surface area contributed by atoms with Crippen LogP contribution in [0.15, 0.2) is 41.7 Å². The SMILES string of the molecule is CN=C(NCc1ccc(OCC(F)(F)F)nc1)NC1CCN(c2ncccc2Cl)C1.I. The number of halogens is 5. The lowest BCUT2D eigenvalue weighted by atomic mass is 10.2. The fourth-order valence-corrected chi connectivity index (χ4v) is 3.25. The number of rotatable bonds is 6. The second-order valence-electron chi connectivity index (χ2n) is 6.72. The van der Waals surface area contributed by atoms with E-state index in [9.17, 15) is 13.2 Å². The molecule has 0 radical (unpaired) electrons. The quantitative estimate of drug-likeness (QED) is 0.314. The lowest BCUT2D eigenvalue weighted by Crippen LogP contribution is -2.44. The summed E-state index contributed by atoms with van der Waals surface area (Å²) in [7, 11) is 1.67. The van der Waals surface area contributed by atoms with E-state index in [1.165, 1.54) is 12.3 Å². The first kappa shape index (κ1) is 25.2. The Morgan fingerprint density at radius 1 is 1.32 bits per heavy atom. The average Bonchev–Trinajstić information content (AvgIpc) is 3.18. The Kier molecular flexibility index (Phi) is 9.41. The molecular formula is C19H23ClF3IN6O. The maximum absolute atomic E-state index is 12.2. The van der Waals surface area contributed by atoms with Crippen LogP contribution in [0.1, 0.15) is 12.0 Å². The van der Waals surface area contributed by atoms with Gasteiger partial charge in [0.05, 0.1) is 5.02 Å². The molecule has 2 N–H and O–H groups in total. The predicted octanol–water partition coefficient (Wildman–Crippen LogP) is 3.63. The van der Waals surface area contributed by atoms with E-state index in [-0.39, 0.29) is 35.9 Å². The van der Waals surface area contributed by atoms with E-state index in [0.29, 0.717) is 17.5 Å². The third kappa shape index (κ3) is 7.87. The minimum atomic E-state index is -4.39. The van der Waals surface area contributed by atoms with Crippen molar-refractivity contribution in [1.29, 1.82) is 0 Å². The molecule has 1 aliphatic heterocycles. The lowest BCUT2D eigenvalue weighted by molar-refractivity contribution is -0.154. The van der Waals surface area contributed by atoms with Gasteiger partial charge >= 0.3 is 6.18 Å². The first-order valence-corrected chi connectivity index (χ1v) is 9.69. The number of hydrogen-bond donors (Lipinski definition) is 2. The second-order valence-corrected chi connectivity index (χ2v) is 7.13. The fraction of sp³-hybridized carbons (Fsp3) is 0.421. The van der Waals surface area contributed by atoms with Crippen LogP contribution in [-0.2, 0) is 6.54 Å². The molecule has 0 aliphatic carbocycles. The van der Waals surface area contributed by atoms with Gasteiger partial charge in [-0.15, -0.1) is 24.0 Å². The Morgan fingerprint density at radius 3 is 2.77 bits per heavy atom. The van der Waals surface area contributed by atoms with E-state index in [1.54, 1.807) is 25.4 Å². The number of aromatic nitrogens is 2. The molecule has 1 aliphatic rings. The molecule has 0 spiro atoms. The van der Waals surface area contributed by atoms with Gasteiger partial charge in [-0.3, -0.25) is 4.99 Å². The van der Waals surface area contributed by atoms with Gasteiger partial charge < -0.3 is 20.3 Å². The van der Waals surface area contributed by atoms with Crippen LogP contribution < -0.4 is 20.3 Å². The fourth-order valence-electron chi connectivity index (χ4n) is 3.01. The van der Waals surface area contributed by atoms with Crippen molar-refractivity contribution in [2.24, 2.45) is 4.99 Å². The number of anilines is 1. The first-order chi connectivity index (χ1) is 14.3. The van der Waals surface area contributed by atoms with Crippen LogP contribution in [0, 0.1) is 0 Å². The number of alkyl halides is 3. The highest BCUT2D eigenvalue weighted by atomic mass is 127. The summed E-state index contributed by atoms with van der Waals surface area (Å²) >= 11 is 6.22. The summed E-state index contributed by atoms with van der Waals surface area (Å²) in [5.41, 5.74) is 0.783. The highest BCUT2D eigenvalue weighted by Gasteiger charge is 2.28. The van der Waals surface area contributed by atoms with E-state index in [0.717, 1.165) is 30.9 Å². The molecule has 12 heteroatoms. The Morgan fingerprint density at radius 2 is 2.13 bits per heavy atom. The number of nitrogens with zero attached hydrogens (tertiary/aromatic N) is 4. The summed E-state index contributed by atoms with van der Waals surface area (Å²) in [6.07, 6.45) is -0.305. The van der Waals surface area contributed by atoms with Crippen molar-refractivity contribution in [3.05, 3.63) is 47.2 Å². The minimum absolute atomic E-state index is 0. The number of nitrogens with one attached hydrogen (secondary N) is 2. The van der Waals surface area contributed by atoms with Crippen LogP contribution in [-0.4, -0.2) is 54.9 Å². The lowest BCUT2D eigenvalue weighted by Gasteiger charge is -2.20. The maximum Gasteiger partial charge on any atom is 0.422 e. The minimum Gasteiger partial charge on any atom is -0.468 e. The summed E-state index contributed by atoms with van der Waals surface area (Å²) in [4.78, 5) is 14.6. The average molecular weight is 571 g/mol. The molecule has 0 saturated carbocycles. The molecule has 3 heterocycles. The normalized spacial score (nSPS) is 16.6. The standard InChI is InChI=1S/C19H22ClF3N6O.HI/c1-24-18(27-10-13-4-5-16(26-9-13)30-12-19(21,22)23)28-14-6-8-29(11-14)17-15(20)3-2-7-25-17;/h2-5,7,9,14H,6,8,10-12H2,1H3,(H2,24,27,28);1H. The summed E-state index contributed by atoms with van der Waals surface area (Å²) in [5, 5.41) is 7.15. The highest BCUT2D eigenvalue weighted by Crippen LogP contribution is 2.25. The summed E-state index contributed by atoms with van der Waals surface area (Å²) in [6.45, 7) is 0.615. The third-order valence-electron chi connectivity index (χ3n) is 4.43. The van der Waals surface area contributed by atoms with Crippen molar-refractivity contribution in [2.45, 2.75) is 25.2 Å². The van der Waals surface area contributed by atoms with E-state index >= 15 is 0 Å².